The highest BCUT2D eigenvalue weighted by molar-refractivity contribution is 7.89. The van der Waals surface area contributed by atoms with Crippen molar-refractivity contribution in [3.8, 4) is 0 Å². The molecule has 2 aliphatic rings. The molecule has 2 atom stereocenters. The molecule has 0 spiro atoms. The van der Waals surface area contributed by atoms with Gasteiger partial charge in [0.1, 0.15) is 6.04 Å². The summed E-state index contributed by atoms with van der Waals surface area (Å²) in [4.78, 5) is 34.1. The lowest BCUT2D eigenvalue weighted by Crippen LogP contribution is -2.54. The van der Waals surface area contributed by atoms with E-state index in [4.69, 9.17) is 11.6 Å². The number of pyridine rings is 1. The maximum atomic E-state index is 13.2. The number of sulfonamides is 1. The van der Waals surface area contributed by atoms with Crippen molar-refractivity contribution >= 4 is 44.2 Å². The van der Waals surface area contributed by atoms with Crippen molar-refractivity contribution < 1.29 is 18.0 Å². The predicted octanol–water partition coefficient (Wildman–Crippen LogP) is 3.52. The Morgan fingerprint density at radius 2 is 1.81 bits per heavy atom. The van der Waals surface area contributed by atoms with Crippen molar-refractivity contribution in [3.63, 3.8) is 0 Å². The Bertz CT molecular complexity index is 1400. The van der Waals surface area contributed by atoms with Crippen molar-refractivity contribution in [2.45, 2.75) is 42.7 Å². The molecule has 2 fully saturated rings. The molecule has 1 aromatic heterocycles. The van der Waals surface area contributed by atoms with Crippen LogP contribution in [-0.4, -0.2) is 60.7 Å². The number of amides is 2. The van der Waals surface area contributed by atoms with E-state index in [0.717, 1.165) is 29.3 Å². The van der Waals surface area contributed by atoms with Gasteiger partial charge in [-0.3, -0.25) is 14.6 Å². The van der Waals surface area contributed by atoms with Crippen molar-refractivity contribution in [2.24, 2.45) is 0 Å². The molecule has 2 aliphatic heterocycles. The number of hydrogen-bond donors (Lipinski definition) is 1. The summed E-state index contributed by atoms with van der Waals surface area (Å²) in [6.45, 7) is 0.962. The second-order valence-corrected chi connectivity index (χ2v) is 11.4. The predicted molar refractivity (Wildman–Crippen MR) is 137 cm³/mol. The summed E-state index contributed by atoms with van der Waals surface area (Å²) < 4.78 is 28.8. The van der Waals surface area contributed by atoms with E-state index >= 15 is 0 Å². The van der Waals surface area contributed by atoms with Gasteiger partial charge in [0.15, 0.2) is 0 Å². The number of rotatable bonds is 6. The molecule has 10 heteroatoms. The van der Waals surface area contributed by atoms with E-state index in [1.54, 1.807) is 41.4 Å². The molecular formula is C26H27ClN4O4S. The van der Waals surface area contributed by atoms with Crippen LogP contribution in [0.25, 0.3) is 10.8 Å². The first kappa shape index (κ1) is 24.7. The number of likely N-dealkylation sites (tertiary alicyclic amines) is 2. The topological polar surface area (TPSA) is 99.7 Å². The first-order valence-electron chi connectivity index (χ1n) is 12.0. The van der Waals surface area contributed by atoms with Crippen LogP contribution in [0, 0.1) is 0 Å². The van der Waals surface area contributed by atoms with Crippen LogP contribution < -0.4 is 4.72 Å². The van der Waals surface area contributed by atoms with Crippen LogP contribution in [0.4, 0.5) is 0 Å². The van der Waals surface area contributed by atoms with Crippen molar-refractivity contribution in [1.29, 1.82) is 0 Å². The number of benzene rings is 2. The molecule has 1 N–H and O–H groups in total. The minimum absolute atomic E-state index is 0.0723. The first-order chi connectivity index (χ1) is 17.3. The number of piperidine rings is 1. The standard InChI is InChI=1S/C26H27ClN4O4S/c27-20-10-8-19-16-21(11-9-18(19)15-20)36(34,35)29-23-6-3-13-30(26(23)33)17-25(32)31-14-4-7-24(31)22-5-1-2-12-28-22/h1-2,5,8-12,15-16,23-24,29H,3-4,6-7,13-14,17H2. The Kier molecular flexibility index (Phi) is 6.96. The maximum absolute atomic E-state index is 13.2. The third-order valence-corrected chi connectivity index (χ3v) is 8.54. The largest absolute Gasteiger partial charge is 0.333 e. The number of halogens is 1. The van der Waals surface area contributed by atoms with Crippen LogP contribution in [0.1, 0.15) is 37.4 Å². The van der Waals surface area contributed by atoms with Gasteiger partial charge in [0, 0.05) is 24.3 Å². The smallest absolute Gasteiger partial charge is 0.242 e. The number of hydrogen-bond acceptors (Lipinski definition) is 5. The molecule has 0 aliphatic carbocycles. The molecule has 2 amide bonds. The summed E-state index contributed by atoms with van der Waals surface area (Å²) >= 11 is 6.02. The minimum Gasteiger partial charge on any atom is -0.333 e. The van der Waals surface area contributed by atoms with Crippen molar-refractivity contribution in [3.05, 3.63) is 71.5 Å². The zero-order chi connectivity index (χ0) is 25.3. The molecule has 36 heavy (non-hydrogen) atoms. The van der Waals surface area contributed by atoms with Crippen molar-refractivity contribution in [2.75, 3.05) is 19.6 Å². The van der Waals surface area contributed by atoms with Gasteiger partial charge in [-0.25, -0.2) is 8.42 Å². The van der Waals surface area contributed by atoms with Gasteiger partial charge >= 0.3 is 0 Å². The summed E-state index contributed by atoms with van der Waals surface area (Å²) in [6.07, 6.45) is 4.41. The van der Waals surface area contributed by atoms with Gasteiger partial charge in [-0.2, -0.15) is 4.72 Å². The van der Waals surface area contributed by atoms with Gasteiger partial charge in [0.05, 0.1) is 23.2 Å². The fraction of sp³-hybridized carbons (Fsp3) is 0.346. The molecule has 8 nitrogen and oxygen atoms in total. The van der Waals surface area contributed by atoms with Gasteiger partial charge in [0.2, 0.25) is 21.8 Å². The lowest BCUT2D eigenvalue weighted by molar-refractivity contribution is -0.143. The van der Waals surface area contributed by atoms with Crippen LogP contribution in [0.15, 0.2) is 65.7 Å². The number of fused-ring (bicyclic) bond motifs is 1. The number of carbonyl (C=O) groups excluding carboxylic acids is 2. The van der Waals surface area contributed by atoms with Crippen molar-refractivity contribution in [1.82, 2.24) is 19.5 Å². The van der Waals surface area contributed by atoms with E-state index in [0.29, 0.717) is 31.0 Å². The highest BCUT2D eigenvalue weighted by Crippen LogP contribution is 2.31. The third-order valence-electron chi connectivity index (χ3n) is 6.84. The highest BCUT2D eigenvalue weighted by Gasteiger charge is 2.36. The van der Waals surface area contributed by atoms with E-state index in [1.165, 1.54) is 11.0 Å². The van der Waals surface area contributed by atoms with E-state index in [2.05, 4.69) is 9.71 Å². The lowest BCUT2D eigenvalue weighted by Gasteiger charge is -2.34. The molecule has 2 unspecified atom stereocenters. The Morgan fingerprint density at radius 1 is 1.03 bits per heavy atom. The molecule has 3 heterocycles. The summed E-state index contributed by atoms with van der Waals surface area (Å²) in [7, 11) is -3.94. The second-order valence-electron chi connectivity index (χ2n) is 9.23. The summed E-state index contributed by atoms with van der Waals surface area (Å²) in [5.41, 5.74) is 0.844. The van der Waals surface area contributed by atoms with Gasteiger partial charge in [-0.15, -0.1) is 0 Å². The monoisotopic (exact) mass is 526 g/mol. The molecule has 0 radical (unpaired) electrons. The number of aromatic nitrogens is 1. The molecule has 0 saturated carbocycles. The lowest BCUT2D eigenvalue weighted by atomic mass is 10.1. The zero-order valence-corrected chi connectivity index (χ0v) is 21.2. The Hall–Kier alpha value is -3.01. The van der Waals surface area contributed by atoms with Crippen LogP contribution in [0.3, 0.4) is 0 Å². The molecular weight excluding hydrogens is 500 g/mol. The first-order valence-corrected chi connectivity index (χ1v) is 13.9. The van der Waals surface area contributed by atoms with Crippen LogP contribution in [0.5, 0.6) is 0 Å². The van der Waals surface area contributed by atoms with Gasteiger partial charge in [-0.05, 0) is 72.9 Å². The number of nitrogens with one attached hydrogen (secondary N) is 1. The van der Waals surface area contributed by atoms with Crippen LogP contribution in [0.2, 0.25) is 5.02 Å². The summed E-state index contributed by atoms with van der Waals surface area (Å²) in [5.74, 6) is -0.521. The van der Waals surface area contributed by atoms with E-state index in [1.807, 2.05) is 18.2 Å². The van der Waals surface area contributed by atoms with Gasteiger partial charge in [0.25, 0.3) is 0 Å². The Morgan fingerprint density at radius 3 is 2.61 bits per heavy atom. The van der Waals surface area contributed by atoms with E-state index in [-0.39, 0.29) is 29.3 Å². The van der Waals surface area contributed by atoms with E-state index < -0.39 is 16.1 Å². The Labute approximate surface area is 215 Å². The average Bonchev–Trinajstić information content (AvgIpc) is 3.37. The average molecular weight is 527 g/mol. The molecule has 5 rings (SSSR count). The summed E-state index contributed by atoms with van der Waals surface area (Å²) in [5, 5.41) is 2.13. The number of nitrogens with zero attached hydrogens (tertiary/aromatic N) is 3. The van der Waals surface area contributed by atoms with Gasteiger partial charge < -0.3 is 9.80 Å². The molecule has 0 bridgehead atoms. The quantitative estimate of drug-likeness (QED) is 0.530. The zero-order valence-electron chi connectivity index (χ0n) is 19.6. The third kappa shape index (κ3) is 5.09. The van der Waals surface area contributed by atoms with Crippen LogP contribution >= 0.6 is 11.6 Å². The minimum atomic E-state index is -3.94. The summed E-state index contributed by atoms with van der Waals surface area (Å²) in [6, 6.07) is 14.6. The molecule has 188 valence electrons. The molecule has 3 aromatic rings. The molecule has 2 saturated heterocycles. The SMILES string of the molecule is O=C1C(NS(=O)(=O)c2ccc3cc(Cl)ccc3c2)CCCN1CC(=O)N1CCCC1c1ccccn1. The van der Waals surface area contributed by atoms with E-state index in [9.17, 15) is 18.0 Å². The van der Waals surface area contributed by atoms with Gasteiger partial charge in [-0.1, -0.05) is 29.8 Å². The Balaban J connectivity index is 1.27. The maximum Gasteiger partial charge on any atom is 0.242 e. The second kappa shape index (κ2) is 10.2. The normalized spacial score (nSPS) is 20.8. The fourth-order valence-corrected chi connectivity index (χ4v) is 6.46. The highest BCUT2D eigenvalue weighted by atomic mass is 35.5. The number of carbonyl (C=O) groups is 2. The molecule has 2 aromatic carbocycles. The van der Waals surface area contributed by atoms with Crippen LogP contribution in [-0.2, 0) is 19.6 Å². The fourth-order valence-electron chi connectivity index (χ4n) is 5.02.